The van der Waals surface area contributed by atoms with Crippen molar-refractivity contribution in [1.29, 1.82) is 0 Å². The van der Waals surface area contributed by atoms with Crippen LogP contribution in [0, 0.1) is 10.1 Å². The summed E-state index contributed by atoms with van der Waals surface area (Å²) in [5.41, 5.74) is 0.188. The first-order valence-electron chi connectivity index (χ1n) is 5.73. The molecule has 0 atom stereocenters. The number of benzene rings is 1. The fourth-order valence-corrected chi connectivity index (χ4v) is 2.51. The van der Waals surface area contributed by atoms with E-state index in [1.54, 1.807) is 12.1 Å². The number of nitro benzene ring substituents is 1. The van der Waals surface area contributed by atoms with Crippen LogP contribution in [0.1, 0.15) is 25.7 Å². The van der Waals surface area contributed by atoms with E-state index < -0.39 is 0 Å². The minimum absolute atomic E-state index is 0.188. The molecule has 0 spiro atoms. The fraction of sp³-hybridized carbons (Fsp3) is 0.500. The Morgan fingerprint density at radius 3 is 2.59 bits per heavy atom. The van der Waals surface area contributed by atoms with E-state index in [1.165, 1.54) is 17.8 Å². The van der Waals surface area contributed by atoms with Crippen LogP contribution in [0.2, 0.25) is 0 Å². The molecule has 1 aromatic carbocycles. The molecule has 0 aromatic heterocycles. The molecule has 5 heteroatoms. The topological polar surface area (TPSA) is 63.4 Å². The summed E-state index contributed by atoms with van der Waals surface area (Å²) in [6, 6.07) is 6.83. The zero-order chi connectivity index (χ0) is 12.5. The van der Waals surface area contributed by atoms with Crippen molar-refractivity contribution in [2.24, 2.45) is 0 Å². The second kappa shape index (κ2) is 8.08. The van der Waals surface area contributed by atoms with Crippen molar-refractivity contribution in [3.8, 4) is 0 Å². The lowest BCUT2D eigenvalue weighted by molar-refractivity contribution is -0.387. The van der Waals surface area contributed by atoms with Crippen LogP contribution < -0.4 is 0 Å². The molecule has 0 aliphatic heterocycles. The Morgan fingerprint density at radius 1 is 1.18 bits per heavy atom. The molecule has 0 aliphatic carbocycles. The molecule has 0 unspecified atom stereocenters. The maximum absolute atomic E-state index is 10.8. The van der Waals surface area contributed by atoms with Gasteiger partial charge in [0.2, 0.25) is 0 Å². The number of thioether (sulfide) groups is 1. The first kappa shape index (κ1) is 14.0. The molecule has 0 heterocycles. The van der Waals surface area contributed by atoms with Crippen LogP contribution in [0.3, 0.4) is 0 Å². The second-order valence-electron chi connectivity index (χ2n) is 3.71. The van der Waals surface area contributed by atoms with E-state index in [-0.39, 0.29) is 17.2 Å². The lowest BCUT2D eigenvalue weighted by Gasteiger charge is -2.02. The van der Waals surface area contributed by atoms with Crippen molar-refractivity contribution >= 4 is 17.4 Å². The van der Waals surface area contributed by atoms with Crippen LogP contribution in [0.15, 0.2) is 29.2 Å². The van der Waals surface area contributed by atoms with E-state index in [2.05, 4.69) is 0 Å². The molecule has 0 saturated heterocycles. The first-order chi connectivity index (χ1) is 8.25. The molecule has 0 aliphatic rings. The van der Waals surface area contributed by atoms with Crippen molar-refractivity contribution in [2.45, 2.75) is 30.6 Å². The van der Waals surface area contributed by atoms with E-state index >= 15 is 0 Å². The van der Waals surface area contributed by atoms with Gasteiger partial charge in [0, 0.05) is 12.7 Å². The third-order valence-electron chi connectivity index (χ3n) is 2.37. The lowest BCUT2D eigenvalue weighted by Crippen LogP contribution is -1.91. The van der Waals surface area contributed by atoms with Gasteiger partial charge >= 0.3 is 0 Å². The Kier molecular flexibility index (Phi) is 6.65. The summed E-state index contributed by atoms with van der Waals surface area (Å²) in [6.45, 7) is 0.247. The number of nitrogens with zero attached hydrogens (tertiary/aromatic N) is 1. The maximum atomic E-state index is 10.8. The van der Waals surface area contributed by atoms with Crippen LogP contribution in [0.4, 0.5) is 5.69 Å². The molecule has 4 nitrogen and oxygen atoms in total. The predicted molar refractivity (Wildman–Crippen MR) is 69.4 cm³/mol. The number of aliphatic hydroxyl groups excluding tert-OH is 1. The van der Waals surface area contributed by atoms with Crippen molar-refractivity contribution in [2.75, 3.05) is 12.4 Å². The van der Waals surface area contributed by atoms with E-state index in [0.29, 0.717) is 0 Å². The van der Waals surface area contributed by atoms with E-state index in [0.717, 1.165) is 36.3 Å². The van der Waals surface area contributed by atoms with Crippen LogP contribution in [0.25, 0.3) is 0 Å². The molecule has 0 bridgehead atoms. The molecule has 0 saturated carbocycles. The van der Waals surface area contributed by atoms with Gasteiger partial charge in [-0.15, -0.1) is 11.8 Å². The Bertz CT molecular complexity index is 357. The molecule has 0 radical (unpaired) electrons. The second-order valence-corrected chi connectivity index (χ2v) is 4.85. The third kappa shape index (κ3) is 5.19. The van der Waals surface area contributed by atoms with E-state index in [1.807, 2.05) is 6.07 Å². The van der Waals surface area contributed by atoms with Gasteiger partial charge in [-0.3, -0.25) is 10.1 Å². The van der Waals surface area contributed by atoms with Gasteiger partial charge < -0.3 is 5.11 Å². The first-order valence-corrected chi connectivity index (χ1v) is 6.71. The van der Waals surface area contributed by atoms with Gasteiger partial charge in [0.25, 0.3) is 5.69 Å². The van der Waals surface area contributed by atoms with Gasteiger partial charge in [-0.25, -0.2) is 0 Å². The highest BCUT2D eigenvalue weighted by Gasteiger charge is 2.11. The number of nitro groups is 1. The molecule has 0 amide bonds. The Morgan fingerprint density at radius 2 is 1.88 bits per heavy atom. The Balaban J connectivity index is 2.34. The zero-order valence-electron chi connectivity index (χ0n) is 9.67. The van der Waals surface area contributed by atoms with Gasteiger partial charge in [0.1, 0.15) is 0 Å². The van der Waals surface area contributed by atoms with Crippen molar-refractivity contribution in [3.63, 3.8) is 0 Å². The SMILES string of the molecule is O=[N+]([O-])c1ccccc1SCCCCCCO. The molecule has 94 valence electrons. The largest absolute Gasteiger partial charge is 0.396 e. The number of para-hydroxylation sites is 1. The third-order valence-corrected chi connectivity index (χ3v) is 3.52. The molecular weight excluding hydrogens is 238 g/mol. The van der Waals surface area contributed by atoms with E-state index in [9.17, 15) is 10.1 Å². The number of aliphatic hydroxyl groups is 1. The summed E-state index contributed by atoms with van der Waals surface area (Å²) in [4.78, 5) is 11.2. The molecule has 1 rings (SSSR count). The average Bonchev–Trinajstić information content (AvgIpc) is 2.34. The van der Waals surface area contributed by atoms with Crippen molar-refractivity contribution < 1.29 is 10.0 Å². The quantitative estimate of drug-likeness (QED) is 0.335. The summed E-state index contributed by atoms with van der Waals surface area (Å²) in [5.74, 6) is 0.885. The van der Waals surface area contributed by atoms with Gasteiger partial charge in [-0.05, 0) is 24.7 Å². The van der Waals surface area contributed by atoms with Crippen LogP contribution in [-0.2, 0) is 0 Å². The number of hydrogen-bond acceptors (Lipinski definition) is 4. The summed E-state index contributed by atoms with van der Waals surface area (Å²) < 4.78 is 0. The zero-order valence-corrected chi connectivity index (χ0v) is 10.5. The minimum Gasteiger partial charge on any atom is -0.396 e. The Labute approximate surface area is 105 Å². The number of hydrogen-bond donors (Lipinski definition) is 1. The predicted octanol–water partition coefficient (Wildman–Crippen LogP) is 3.24. The highest BCUT2D eigenvalue weighted by atomic mass is 32.2. The van der Waals surface area contributed by atoms with Crippen LogP contribution in [0.5, 0.6) is 0 Å². The van der Waals surface area contributed by atoms with E-state index in [4.69, 9.17) is 5.11 Å². The van der Waals surface area contributed by atoms with Crippen molar-refractivity contribution in [1.82, 2.24) is 0 Å². The van der Waals surface area contributed by atoms with Gasteiger partial charge in [0.15, 0.2) is 0 Å². The molecule has 1 aromatic rings. The normalized spacial score (nSPS) is 10.4. The number of rotatable bonds is 8. The average molecular weight is 255 g/mol. The standard InChI is InChI=1S/C12H17NO3S/c14-9-5-1-2-6-10-17-12-8-4-3-7-11(12)13(15)16/h3-4,7-8,14H,1-2,5-6,9-10H2. The highest BCUT2D eigenvalue weighted by Crippen LogP contribution is 2.29. The summed E-state index contributed by atoms with van der Waals surface area (Å²) in [5, 5.41) is 19.4. The maximum Gasteiger partial charge on any atom is 0.282 e. The fourth-order valence-electron chi connectivity index (χ4n) is 1.48. The summed E-state index contributed by atoms with van der Waals surface area (Å²) in [7, 11) is 0. The molecule has 0 fully saturated rings. The van der Waals surface area contributed by atoms with Gasteiger partial charge in [-0.2, -0.15) is 0 Å². The summed E-state index contributed by atoms with van der Waals surface area (Å²) in [6.07, 6.45) is 3.95. The Hall–Kier alpha value is -1.07. The van der Waals surface area contributed by atoms with Gasteiger partial charge in [0.05, 0.1) is 9.82 Å². The number of unbranched alkanes of at least 4 members (excludes halogenated alkanes) is 3. The lowest BCUT2D eigenvalue weighted by atomic mass is 10.2. The minimum atomic E-state index is -0.339. The van der Waals surface area contributed by atoms with Crippen LogP contribution in [-0.4, -0.2) is 22.4 Å². The van der Waals surface area contributed by atoms with Crippen LogP contribution >= 0.6 is 11.8 Å². The van der Waals surface area contributed by atoms with Crippen molar-refractivity contribution in [3.05, 3.63) is 34.4 Å². The molecular formula is C12H17NO3S. The smallest absolute Gasteiger partial charge is 0.282 e. The monoisotopic (exact) mass is 255 g/mol. The molecule has 17 heavy (non-hydrogen) atoms. The summed E-state index contributed by atoms with van der Waals surface area (Å²) >= 11 is 1.53. The highest BCUT2D eigenvalue weighted by molar-refractivity contribution is 7.99. The molecule has 1 N–H and O–H groups in total. The van der Waals surface area contributed by atoms with Gasteiger partial charge in [-0.1, -0.05) is 25.0 Å².